The van der Waals surface area contributed by atoms with Crippen molar-refractivity contribution in [1.82, 2.24) is 15.5 Å². The van der Waals surface area contributed by atoms with Gasteiger partial charge < -0.3 is 20.6 Å². The molecule has 1 fully saturated rings. The number of urea groups is 1. The molecule has 0 aromatic heterocycles. The molecule has 0 aromatic carbocycles. The van der Waals surface area contributed by atoms with Crippen molar-refractivity contribution in [3.05, 3.63) is 0 Å². The number of carboxylic acids is 1. The highest BCUT2D eigenvalue weighted by Crippen LogP contribution is 2.15. The van der Waals surface area contributed by atoms with E-state index in [2.05, 4.69) is 29.5 Å². The van der Waals surface area contributed by atoms with Crippen LogP contribution in [0, 0.1) is 0 Å². The van der Waals surface area contributed by atoms with E-state index >= 15 is 0 Å². The number of hydrogen-bond donors (Lipinski definition) is 3. The van der Waals surface area contributed by atoms with E-state index in [0.29, 0.717) is 18.9 Å². The molecule has 3 atom stereocenters. The van der Waals surface area contributed by atoms with Crippen molar-refractivity contribution in [1.29, 1.82) is 0 Å². The Bertz CT molecular complexity index is 336. The lowest BCUT2D eigenvalue weighted by Crippen LogP contribution is -2.51. The van der Waals surface area contributed by atoms with Gasteiger partial charge in [-0.3, -0.25) is 4.79 Å². The molecule has 2 amide bonds. The summed E-state index contributed by atoms with van der Waals surface area (Å²) in [6.45, 7) is 5.07. The van der Waals surface area contributed by atoms with E-state index in [4.69, 9.17) is 5.11 Å². The van der Waals surface area contributed by atoms with Crippen LogP contribution in [0.25, 0.3) is 0 Å². The van der Waals surface area contributed by atoms with Crippen LogP contribution in [-0.2, 0) is 4.79 Å². The molecule has 1 heterocycles. The minimum atomic E-state index is -0.790. The number of nitrogens with one attached hydrogen (secondary N) is 2. The van der Waals surface area contributed by atoms with Gasteiger partial charge in [-0.1, -0.05) is 0 Å². The summed E-state index contributed by atoms with van der Waals surface area (Å²) >= 11 is 0. The summed E-state index contributed by atoms with van der Waals surface area (Å²) in [7, 11) is 2.10. The highest BCUT2D eigenvalue weighted by atomic mass is 16.4. The molecule has 6 heteroatoms. The Hall–Kier alpha value is -1.30. The summed E-state index contributed by atoms with van der Waals surface area (Å²) in [5.41, 5.74) is 0. The van der Waals surface area contributed by atoms with Crippen LogP contribution in [0.3, 0.4) is 0 Å². The fourth-order valence-electron chi connectivity index (χ4n) is 2.50. The van der Waals surface area contributed by atoms with Crippen LogP contribution >= 0.6 is 0 Å². The third-order valence-electron chi connectivity index (χ3n) is 3.95. The van der Waals surface area contributed by atoms with E-state index in [9.17, 15) is 9.59 Å². The van der Waals surface area contributed by atoms with Crippen molar-refractivity contribution >= 4 is 12.0 Å². The second kappa shape index (κ2) is 8.09. The topological polar surface area (TPSA) is 81.7 Å². The smallest absolute Gasteiger partial charge is 0.315 e. The Labute approximate surface area is 120 Å². The summed E-state index contributed by atoms with van der Waals surface area (Å²) in [5, 5.41) is 14.4. The molecule has 1 aliphatic rings. The highest BCUT2D eigenvalue weighted by Gasteiger charge is 2.24. The van der Waals surface area contributed by atoms with Crippen LogP contribution in [0.15, 0.2) is 0 Å². The molecule has 116 valence electrons. The monoisotopic (exact) mass is 285 g/mol. The second-order valence-electron chi connectivity index (χ2n) is 5.86. The zero-order valence-corrected chi connectivity index (χ0v) is 12.7. The van der Waals surface area contributed by atoms with Gasteiger partial charge in [0.25, 0.3) is 0 Å². The molecule has 0 aliphatic carbocycles. The standard InChI is InChI=1S/C14H27N3O3/c1-10(5-4-6-13(18)19)15-14(20)16-12-7-8-17(3)11(2)9-12/h10-12H,4-9H2,1-3H3,(H,18,19)(H2,15,16,20). The maximum absolute atomic E-state index is 11.9. The van der Waals surface area contributed by atoms with Gasteiger partial charge in [0.05, 0.1) is 0 Å². The van der Waals surface area contributed by atoms with Crippen molar-refractivity contribution in [2.24, 2.45) is 0 Å². The summed E-state index contributed by atoms with van der Waals surface area (Å²) in [4.78, 5) is 24.6. The Morgan fingerprint density at radius 1 is 1.45 bits per heavy atom. The van der Waals surface area contributed by atoms with Crippen LogP contribution < -0.4 is 10.6 Å². The van der Waals surface area contributed by atoms with Crippen molar-refractivity contribution in [3.63, 3.8) is 0 Å². The van der Waals surface area contributed by atoms with Crippen molar-refractivity contribution in [3.8, 4) is 0 Å². The highest BCUT2D eigenvalue weighted by molar-refractivity contribution is 5.74. The van der Waals surface area contributed by atoms with E-state index < -0.39 is 5.97 Å². The first-order valence-corrected chi connectivity index (χ1v) is 7.37. The van der Waals surface area contributed by atoms with Crippen molar-refractivity contribution in [2.75, 3.05) is 13.6 Å². The molecular formula is C14H27N3O3. The Morgan fingerprint density at radius 3 is 2.75 bits per heavy atom. The first-order chi connectivity index (χ1) is 9.38. The van der Waals surface area contributed by atoms with E-state index in [0.717, 1.165) is 19.4 Å². The third kappa shape index (κ3) is 6.23. The maximum atomic E-state index is 11.9. The summed E-state index contributed by atoms with van der Waals surface area (Å²) in [6, 6.07) is 0.571. The van der Waals surface area contributed by atoms with E-state index in [1.807, 2.05) is 6.92 Å². The predicted octanol–water partition coefficient (Wildman–Crippen LogP) is 1.41. The van der Waals surface area contributed by atoms with Gasteiger partial charge in [-0.05, 0) is 46.6 Å². The first kappa shape index (κ1) is 16.8. The van der Waals surface area contributed by atoms with Crippen LogP contribution in [0.1, 0.15) is 46.0 Å². The van der Waals surface area contributed by atoms with Gasteiger partial charge in [0.1, 0.15) is 0 Å². The lowest BCUT2D eigenvalue weighted by atomic mass is 9.99. The molecular weight excluding hydrogens is 258 g/mol. The Balaban J connectivity index is 2.20. The molecule has 0 spiro atoms. The molecule has 0 saturated carbocycles. The molecule has 3 N–H and O–H groups in total. The first-order valence-electron chi connectivity index (χ1n) is 7.37. The number of rotatable bonds is 6. The number of nitrogens with zero attached hydrogens (tertiary/aromatic N) is 1. The largest absolute Gasteiger partial charge is 0.481 e. The predicted molar refractivity (Wildman–Crippen MR) is 77.7 cm³/mol. The summed E-state index contributed by atoms with van der Waals surface area (Å²) in [6.07, 6.45) is 3.37. The lowest BCUT2D eigenvalue weighted by Gasteiger charge is -2.35. The van der Waals surface area contributed by atoms with Crippen LogP contribution in [-0.4, -0.2) is 53.7 Å². The molecule has 1 saturated heterocycles. The van der Waals surface area contributed by atoms with Crippen LogP contribution in [0.2, 0.25) is 0 Å². The lowest BCUT2D eigenvalue weighted by molar-refractivity contribution is -0.137. The fourth-order valence-corrected chi connectivity index (χ4v) is 2.50. The van der Waals surface area contributed by atoms with Gasteiger partial charge in [-0.15, -0.1) is 0 Å². The van der Waals surface area contributed by atoms with Gasteiger partial charge >= 0.3 is 12.0 Å². The molecule has 6 nitrogen and oxygen atoms in total. The number of piperidine rings is 1. The number of carboxylic acid groups (broad SMARTS) is 1. The minimum absolute atomic E-state index is 0.00182. The third-order valence-corrected chi connectivity index (χ3v) is 3.95. The van der Waals surface area contributed by atoms with Gasteiger partial charge in [0, 0.05) is 31.1 Å². The summed E-state index contributed by atoms with van der Waals surface area (Å²) in [5.74, 6) is -0.790. The van der Waals surface area contributed by atoms with Crippen molar-refractivity contribution < 1.29 is 14.7 Å². The normalized spacial score (nSPS) is 24.9. The Morgan fingerprint density at radius 2 is 2.15 bits per heavy atom. The molecule has 3 unspecified atom stereocenters. The average molecular weight is 285 g/mol. The molecule has 20 heavy (non-hydrogen) atoms. The fraction of sp³-hybridized carbons (Fsp3) is 0.857. The zero-order valence-electron chi connectivity index (χ0n) is 12.7. The summed E-state index contributed by atoms with van der Waals surface area (Å²) < 4.78 is 0. The minimum Gasteiger partial charge on any atom is -0.481 e. The average Bonchev–Trinajstić information content (AvgIpc) is 2.33. The number of hydrogen-bond acceptors (Lipinski definition) is 3. The van der Waals surface area contributed by atoms with Crippen LogP contribution in [0.5, 0.6) is 0 Å². The number of amides is 2. The van der Waals surface area contributed by atoms with Gasteiger partial charge in [0.15, 0.2) is 0 Å². The van der Waals surface area contributed by atoms with E-state index in [-0.39, 0.29) is 24.5 Å². The number of carbonyl (C=O) groups excluding carboxylic acids is 1. The van der Waals surface area contributed by atoms with Crippen molar-refractivity contribution in [2.45, 2.75) is 64.1 Å². The number of carbonyl (C=O) groups is 2. The molecule has 0 aromatic rings. The maximum Gasteiger partial charge on any atom is 0.315 e. The molecule has 0 bridgehead atoms. The molecule has 1 aliphatic heterocycles. The van der Waals surface area contributed by atoms with Gasteiger partial charge in [0.2, 0.25) is 0 Å². The van der Waals surface area contributed by atoms with E-state index in [1.165, 1.54) is 0 Å². The molecule has 0 radical (unpaired) electrons. The van der Waals surface area contributed by atoms with Gasteiger partial charge in [-0.25, -0.2) is 4.79 Å². The number of aliphatic carboxylic acids is 1. The molecule has 1 rings (SSSR count). The quantitative estimate of drug-likeness (QED) is 0.689. The van der Waals surface area contributed by atoms with Crippen LogP contribution in [0.4, 0.5) is 4.79 Å². The second-order valence-corrected chi connectivity index (χ2v) is 5.86. The van der Waals surface area contributed by atoms with E-state index in [1.54, 1.807) is 0 Å². The number of likely N-dealkylation sites (tertiary alicyclic amines) is 1. The SMILES string of the molecule is CC(CCCC(=O)O)NC(=O)NC1CCN(C)C(C)C1. The zero-order chi connectivity index (χ0) is 15.1. The van der Waals surface area contributed by atoms with Gasteiger partial charge in [-0.2, -0.15) is 0 Å². The Kier molecular flexibility index (Phi) is 6.78.